The first-order valence-corrected chi connectivity index (χ1v) is 9.70. The fourth-order valence-corrected chi connectivity index (χ4v) is 3.17. The molecule has 1 N–H and O–H groups in total. The number of nitro benzene ring substituents is 2. The van der Waals surface area contributed by atoms with Crippen molar-refractivity contribution in [3.8, 4) is 5.75 Å². The molecule has 174 valence electrons. The van der Waals surface area contributed by atoms with Gasteiger partial charge in [0.2, 0.25) is 0 Å². The Kier molecular flexibility index (Phi) is 7.35. The highest BCUT2D eigenvalue weighted by Gasteiger charge is 2.24. The Morgan fingerprint density at radius 3 is 2.33 bits per heavy atom. The van der Waals surface area contributed by atoms with Gasteiger partial charge in [0.15, 0.2) is 6.61 Å². The molecule has 1 fully saturated rings. The summed E-state index contributed by atoms with van der Waals surface area (Å²) in [6, 6.07) is 7.45. The lowest BCUT2D eigenvalue weighted by Crippen LogP contribution is -2.37. The molecule has 0 atom stereocenters. The summed E-state index contributed by atoms with van der Waals surface area (Å²) in [6.07, 6.45) is 0. The van der Waals surface area contributed by atoms with Gasteiger partial charge in [-0.15, -0.1) is 0 Å². The highest BCUT2D eigenvalue weighted by molar-refractivity contribution is 5.99. The number of hydrogen-bond acceptors (Lipinski definition) is 10. The lowest BCUT2D eigenvalue weighted by molar-refractivity contribution is -0.385. The number of carbonyl (C=O) groups excluding carboxylic acids is 2. The van der Waals surface area contributed by atoms with Crippen LogP contribution < -0.4 is 15.0 Å². The Morgan fingerprint density at radius 1 is 1.06 bits per heavy atom. The molecular formula is C20H20N4O9. The molecule has 0 aliphatic carbocycles. The van der Waals surface area contributed by atoms with Crippen LogP contribution in [-0.4, -0.2) is 61.7 Å². The predicted octanol–water partition coefficient (Wildman–Crippen LogP) is 2.14. The van der Waals surface area contributed by atoms with Gasteiger partial charge in [-0.1, -0.05) is 0 Å². The summed E-state index contributed by atoms with van der Waals surface area (Å²) in [5.41, 5.74) is 0.0169. The van der Waals surface area contributed by atoms with Crippen LogP contribution in [-0.2, 0) is 14.3 Å². The van der Waals surface area contributed by atoms with Gasteiger partial charge < -0.3 is 24.4 Å². The van der Waals surface area contributed by atoms with Crippen molar-refractivity contribution in [2.24, 2.45) is 0 Å². The number of benzene rings is 2. The van der Waals surface area contributed by atoms with E-state index in [1.807, 2.05) is 4.90 Å². The standard InChI is InChI=1S/C20H20N4O9/c1-31-18-11-14(24(29)30)2-4-16(18)21-19(25)12-33-20(26)15-10-13(23(27)28)3-5-17(15)22-6-8-32-9-7-22/h2-5,10-11H,6-9,12H2,1H3,(H,21,25). The molecular weight excluding hydrogens is 440 g/mol. The number of morpholine rings is 1. The fourth-order valence-electron chi connectivity index (χ4n) is 3.17. The van der Waals surface area contributed by atoms with E-state index in [4.69, 9.17) is 14.2 Å². The number of ether oxygens (including phenoxy) is 3. The third kappa shape index (κ3) is 5.71. The van der Waals surface area contributed by atoms with Crippen molar-refractivity contribution >= 4 is 34.6 Å². The zero-order chi connectivity index (χ0) is 24.0. The molecule has 1 aliphatic rings. The Hall–Kier alpha value is -4.26. The first-order chi connectivity index (χ1) is 15.8. The van der Waals surface area contributed by atoms with Crippen LogP contribution in [0.1, 0.15) is 10.4 Å². The minimum Gasteiger partial charge on any atom is -0.494 e. The molecule has 13 heteroatoms. The molecule has 0 unspecified atom stereocenters. The second-order valence-corrected chi connectivity index (χ2v) is 6.82. The van der Waals surface area contributed by atoms with Gasteiger partial charge in [0.25, 0.3) is 17.3 Å². The van der Waals surface area contributed by atoms with Crippen LogP contribution in [0.5, 0.6) is 5.75 Å². The number of amides is 1. The molecule has 0 radical (unpaired) electrons. The first-order valence-electron chi connectivity index (χ1n) is 9.70. The SMILES string of the molecule is COc1cc([N+](=O)[O-])ccc1NC(=O)COC(=O)c1cc([N+](=O)[O-])ccc1N1CCOCC1. The molecule has 2 aromatic rings. The largest absolute Gasteiger partial charge is 0.494 e. The maximum Gasteiger partial charge on any atom is 0.341 e. The molecule has 1 saturated heterocycles. The predicted molar refractivity (Wildman–Crippen MR) is 115 cm³/mol. The van der Waals surface area contributed by atoms with E-state index in [1.54, 1.807) is 0 Å². The van der Waals surface area contributed by atoms with Crippen molar-refractivity contribution in [3.05, 3.63) is 62.2 Å². The third-order valence-electron chi connectivity index (χ3n) is 4.77. The molecule has 3 rings (SSSR count). The number of hydrogen-bond donors (Lipinski definition) is 1. The lowest BCUT2D eigenvalue weighted by Gasteiger charge is -2.30. The summed E-state index contributed by atoms with van der Waals surface area (Å²) in [4.78, 5) is 47.6. The van der Waals surface area contributed by atoms with Crippen molar-refractivity contribution in [1.82, 2.24) is 0 Å². The molecule has 0 aromatic heterocycles. The summed E-state index contributed by atoms with van der Waals surface area (Å²) in [5.74, 6) is -1.59. The number of methoxy groups -OCH3 is 1. The van der Waals surface area contributed by atoms with Crippen molar-refractivity contribution in [2.75, 3.05) is 50.2 Å². The Labute approximate surface area is 187 Å². The van der Waals surface area contributed by atoms with E-state index in [2.05, 4.69) is 5.32 Å². The van der Waals surface area contributed by atoms with Crippen LogP contribution in [0.25, 0.3) is 0 Å². The van der Waals surface area contributed by atoms with E-state index >= 15 is 0 Å². The molecule has 1 amide bonds. The van der Waals surface area contributed by atoms with Crippen LogP contribution in [0, 0.1) is 20.2 Å². The minimum atomic E-state index is -0.911. The number of rotatable bonds is 8. The normalized spacial score (nSPS) is 13.2. The number of nitro groups is 2. The van der Waals surface area contributed by atoms with E-state index in [-0.39, 0.29) is 28.4 Å². The third-order valence-corrected chi connectivity index (χ3v) is 4.77. The average molecular weight is 460 g/mol. The highest BCUT2D eigenvalue weighted by Crippen LogP contribution is 2.29. The van der Waals surface area contributed by atoms with Crippen molar-refractivity contribution in [1.29, 1.82) is 0 Å². The highest BCUT2D eigenvalue weighted by atomic mass is 16.6. The smallest absolute Gasteiger partial charge is 0.341 e. The number of carbonyl (C=O) groups is 2. The van der Waals surface area contributed by atoms with Gasteiger partial charge in [-0.05, 0) is 12.1 Å². The molecule has 1 aliphatic heterocycles. The van der Waals surface area contributed by atoms with Crippen LogP contribution in [0.3, 0.4) is 0 Å². The van der Waals surface area contributed by atoms with Gasteiger partial charge in [0, 0.05) is 31.3 Å². The van der Waals surface area contributed by atoms with Gasteiger partial charge in [0.1, 0.15) is 5.75 Å². The molecule has 1 heterocycles. The van der Waals surface area contributed by atoms with Gasteiger partial charge in [-0.3, -0.25) is 25.0 Å². The van der Waals surface area contributed by atoms with E-state index < -0.39 is 28.3 Å². The van der Waals surface area contributed by atoms with E-state index in [0.29, 0.717) is 32.0 Å². The molecule has 33 heavy (non-hydrogen) atoms. The van der Waals surface area contributed by atoms with Crippen molar-refractivity contribution < 1.29 is 33.6 Å². The second-order valence-electron chi connectivity index (χ2n) is 6.82. The first kappa shape index (κ1) is 23.4. The number of anilines is 2. The minimum absolute atomic E-state index is 0.0492. The maximum atomic E-state index is 12.7. The Morgan fingerprint density at radius 2 is 1.70 bits per heavy atom. The Bertz CT molecular complexity index is 1080. The fraction of sp³-hybridized carbons (Fsp3) is 0.300. The van der Waals surface area contributed by atoms with Gasteiger partial charge in [-0.25, -0.2) is 4.79 Å². The summed E-state index contributed by atoms with van der Waals surface area (Å²) in [7, 11) is 1.28. The zero-order valence-electron chi connectivity index (χ0n) is 17.5. The summed E-state index contributed by atoms with van der Waals surface area (Å²) < 4.78 is 15.4. The average Bonchev–Trinajstić information content (AvgIpc) is 2.82. The zero-order valence-corrected chi connectivity index (χ0v) is 17.5. The van der Waals surface area contributed by atoms with E-state index in [1.165, 1.54) is 31.4 Å². The maximum absolute atomic E-state index is 12.7. The van der Waals surface area contributed by atoms with Crippen molar-refractivity contribution in [3.63, 3.8) is 0 Å². The second kappa shape index (κ2) is 10.4. The number of nitrogens with one attached hydrogen (secondary N) is 1. The van der Waals surface area contributed by atoms with Gasteiger partial charge in [0.05, 0.1) is 53.2 Å². The Balaban J connectivity index is 1.72. The summed E-state index contributed by atoms with van der Waals surface area (Å²) in [6.45, 7) is 1.15. The molecule has 0 saturated carbocycles. The molecule has 13 nitrogen and oxygen atoms in total. The lowest BCUT2D eigenvalue weighted by atomic mass is 10.1. The van der Waals surface area contributed by atoms with Gasteiger partial charge >= 0.3 is 5.97 Å². The summed E-state index contributed by atoms with van der Waals surface area (Å²) >= 11 is 0. The monoisotopic (exact) mass is 460 g/mol. The topological polar surface area (TPSA) is 163 Å². The van der Waals surface area contributed by atoms with Gasteiger partial charge in [-0.2, -0.15) is 0 Å². The van der Waals surface area contributed by atoms with Crippen LogP contribution in [0.2, 0.25) is 0 Å². The number of nitrogens with zero attached hydrogens (tertiary/aromatic N) is 3. The van der Waals surface area contributed by atoms with E-state index in [9.17, 15) is 29.8 Å². The molecule has 0 bridgehead atoms. The molecule has 2 aromatic carbocycles. The van der Waals surface area contributed by atoms with E-state index in [0.717, 1.165) is 12.1 Å². The molecule has 0 spiro atoms. The quantitative estimate of drug-likeness (QED) is 0.351. The number of esters is 1. The van der Waals surface area contributed by atoms with Crippen molar-refractivity contribution in [2.45, 2.75) is 0 Å². The van der Waals surface area contributed by atoms with Crippen LogP contribution in [0.4, 0.5) is 22.7 Å². The number of non-ortho nitro benzene ring substituents is 2. The van der Waals surface area contributed by atoms with Crippen LogP contribution in [0.15, 0.2) is 36.4 Å². The van der Waals surface area contributed by atoms with Crippen LogP contribution >= 0.6 is 0 Å². The summed E-state index contributed by atoms with van der Waals surface area (Å²) in [5, 5.41) is 24.5.